The number of piperidine rings is 1. The molecule has 0 bridgehead atoms. The number of pyridine rings is 1. The summed E-state index contributed by atoms with van der Waals surface area (Å²) in [5.74, 6) is 0.661. The fourth-order valence-corrected chi connectivity index (χ4v) is 9.27. The van der Waals surface area contributed by atoms with Gasteiger partial charge in [-0.1, -0.05) is 36.2 Å². The Morgan fingerprint density at radius 1 is 1.04 bits per heavy atom. The second-order valence-electron chi connectivity index (χ2n) is 13.9. The summed E-state index contributed by atoms with van der Waals surface area (Å²) in [7, 11) is 3.09. The Kier molecular flexibility index (Phi) is 12.5. The van der Waals surface area contributed by atoms with E-state index in [-0.39, 0.29) is 18.2 Å². The first-order chi connectivity index (χ1) is 27.6. The average molecular weight is 833 g/mol. The molecule has 2 fully saturated rings. The maximum Gasteiger partial charge on any atom is 0.255 e. The van der Waals surface area contributed by atoms with Crippen molar-refractivity contribution in [1.82, 2.24) is 25.0 Å². The van der Waals surface area contributed by atoms with E-state index in [4.69, 9.17) is 37.4 Å². The number of piperazine rings is 1. The van der Waals surface area contributed by atoms with Crippen molar-refractivity contribution in [2.75, 3.05) is 58.9 Å². The lowest BCUT2D eigenvalue weighted by Crippen LogP contribution is -2.52. The Labute approximate surface area is 344 Å². The van der Waals surface area contributed by atoms with E-state index in [0.29, 0.717) is 80.3 Å². The molecule has 1 atom stereocenters. The highest BCUT2D eigenvalue weighted by Gasteiger charge is 2.39. The largest absolute Gasteiger partial charge is 0.495 e. The molecule has 0 saturated carbocycles. The number of nitrogens with one attached hydrogen (secondary N) is 2. The van der Waals surface area contributed by atoms with Crippen molar-refractivity contribution < 1.29 is 28.6 Å². The number of hydrogen-bond acceptors (Lipinski definition) is 10. The number of hydrogen-bond donors (Lipinski definition) is 3. The molecule has 0 radical (unpaired) electrons. The Bertz CT molecular complexity index is 2310. The molecule has 0 aliphatic carbocycles. The first kappa shape index (κ1) is 40.3. The Morgan fingerprint density at radius 3 is 2.54 bits per heavy atom. The van der Waals surface area contributed by atoms with Crippen LogP contribution in [0.5, 0.6) is 17.2 Å². The number of methoxy groups -OCH3 is 2. The SMILES string of the molecule is CCC(=[SH]c1cccc2c1CN(C1CCC(=O)NC1=O)C2=O)N1CCN(CCCOc2cc3ncc(C#N)c(Nc4cc(OC)c(Cl)cc4Cl)c3cc2OC)CC1. The molecule has 3 amide bonds. The highest BCUT2D eigenvalue weighted by molar-refractivity contribution is 7.98. The van der Waals surface area contributed by atoms with Gasteiger partial charge in [0.05, 0.1) is 53.3 Å². The summed E-state index contributed by atoms with van der Waals surface area (Å²) >= 11 is 13.8. The van der Waals surface area contributed by atoms with Crippen molar-refractivity contribution in [2.45, 2.75) is 50.1 Å². The normalized spacial score (nSPS) is 17.8. The second-order valence-corrected chi connectivity index (χ2v) is 15.9. The zero-order valence-corrected chi connectivity index (χ0v) is 34.3. The first-order valence-corrected chi connectivity index (χ1v) is 20.4. The lowest BCUT2D eigenvalue weighted by atomic mass is 10.0. The van der Waals surface area contributed by atoms with Crippen LogP contribution in [-0.2, 0) is 16.1 Å². The molecular formula is C41H43Cl2N7O6S. The smallest absolute Gasteiger partial charge is 0.255 e. The van der Waals surface area contributed by atoms with Gasteiger partial charge in [-0.25, -0.2) is 0 Å². The van der Waals surface area contributed by atoms with Crippen LogP contribution in [0.1, 0.15) is 54.1 Å². The molecule has 57 heavy (non-hydrogen) atoms. The van der Waals surface area contributed by atoms with Crippen LogP contribution in [0.25, 0.3) is 10.9 Å². The van der Waals surface area contributed by atoms with Gasteiger partial charge in [0.25, 0.3) is 5.91 Å². The third-order valence-electron chi connectivity index (χ3n) is 10.5. The monoisotopic (exact) mass is 831 g/mol. The molecule has 1 unspecified atom stereocenters. The van der Waals surface area contributed by atoms with Gasteiger partial charge >= 0.3 is 0 Å². The van der Waals surface area contributed by atoms with Gasteiger partial charge in [-0.3, -0.25) is 29.6 Å². The van der Waals surface area contributed by atoms with E-state index in [1.165, 1.54) is 18.3 Å². The van der Waals surface area contributed by atoms with Crippen molar-refractivity contribution in [2.24, 2.45) is 0 Å². The quantitative estimate of drug-likeness (QED) is 0.0632. The van der Waals surface area contributed by atoms with E-state index in [2.05, 4.69) is 44.5 Å². The molecular weight excluding hydrogens is 789 g/mol. The summed E-state index contributed by atoms with van der Waals surface area (Å²) in [4.78, 5) is 51.1. The predicted molar refractivity (Wildman–Crippen MR) is 222 cm³/mol. The molecule has 7 rings (SSSR count). The van der Waals surface area contributed by atoms with Crippen LogP contribution < -0.4 is 24.8 Å². The summed E-state index contributed by atoms with van der Waals surface area (Å²) in [5.41, 5.74) is 3.57. The summed E-state index contributed by atoms with van der Waals surface area (Å²) < 4.78 is 17.3. The number of fused-ring (bicyclic) bond motifs is 2. The number of amides is 3. The number of rotatable bonds is 12. The zero-order valence-electron chi connectivity index (χ0n) is 31.9. The van der Waals surface area contributed by atoms with E-state index >= 15 is 0 Å². The van der Waals surface area contributed by atoms with Crippen LogP contribution in [0.2, 0.25) is 10.0 Å². The van der Waals surface area contributed by atoms with Gasteiger partial charge < -0.3 is 29.3 Å². The van der Waals surface area contributed by atoms with Crippen LogP contribution >= 0.6 is 34.6 Å². The summed E-state index contributed by atoms with van der Waals surface area (Å²) in [6.07, 6.45) is 3.77. The van der Waals surface area contributed by atoms with Gasteiger partial charge in [0.2, 0.25) is 11.8 Å². The van der Waals surface area contributed by atoms with Gasteiger partial charge in [0.1, 0.15) is 17.9 Å². The zero-order chi connectivity index (χ0) is 40.2. The summed E-state index contributed by atoms with van der Waals surface area (Å²) in [6, 6.07) is 14.3. The Morgan fingerprint density at radius 2 is 1.82 bits per heavy atom. The number of anilines is 2. The van der Waals surface area contributed by atoms with Crippen LogP contribution in [0.3, 0.4) is 0 Å². The molecule has 2 N–H and O–H groups in total. The van der Waals surface area contributed by atoms with Gasteiger partial charge in [-0.05, 0) is 49.1 Å². The molecule has 1 aromatic heterocycles. The highest BCUT2D eigenvalue weighted by Crippen LogP contribution is 2.41. The topological polar surface area (TPSA) is 149 Å². The number of imide groups is 1. The molecule has 4 heterocycles. The highest BCUT2D eigenvalue weighted by atomic mass is 35.5. The lowest BCUT2D eigenvalue weighted by molar-refractivity contribution is -0.136. The summed E-state index contributed by atoms with van der Waals surface area (Å²) in [6.45, 7) is 7.50. The van der Waals surface area contributed by atoms with Crippen LogP contribution in [0, 0.1) is 11.3 Å². The number of benzene rings is 3. The van der Waals surface area contributed by atoms with Crippen molar-refractivity contribution in [1.29, 1.82) is 5.26 Å². The Balaban J connectivity index is 0.957. The van der Waals surface area contributed by atoms with E-state index in [1.54, 1.807) is 30.2 Å². The van der Waals surface area contributed by atoms with Crippen molar-refractivity contribution in [3.8, 4) is 23.3 Å². The number of carbonyl (C=O) groups is 3. The first-order valence-electron chi connectivity index (χ1n) is 18.8. The van der Waals surface area contributed by atoms with Gasteiger partial charge in [-0.2, -0.15) is 16.6 Å². The fourth-order valence-electron chi connectivity index (χ4n) is 7.49. The average Bonchev–Trinajstić information content (AvgIpc) is 3.55. The van der Waals surface area contributed by atoms with Crippen molar-refractivity contribution in [3.63, 3.8) is 0 Å². The second kappa shape index (κ2) is 17.7. The molecule has 16 heteroatoms. The predicted octanol–water partition coefficient (Wildman–Crippen LogP) is 6.39. The van der Waals surface area contributed by atoms with Crippen LogP contribution in [-0.4, -0.2) is 102 Å². The fraction of sp³-hybridized carbons (Fsp3) is 0.366. The number of carbonyl (C=O) groups excluding carboxylic acids is 3. The summed E-state index contributed by atoms with van der Waals surface area (Å²) in [5, 5.41) is 17.0. The van der Waals surface area contributed by atoms with E-state index in [0.717, 1.165) is 67.4 Å². The maximum absolute atomic E-state index is 13.4. The number of halogens is 2. The molecule has 3 aliphatic heterocycles. The van der Waals surface area contributed by atoms with E-state index < -0.39 is 11.9 Å². The minimum atomic E-state index is -0.631. The van der Waals surface area contributed by atoms with Gasteiger partial charge in [0, 0.05) is 84.9 Å². The van der Waals surface area contributed by atoms with Crippen molar-refractivity contribution >= 4 is 79.5 Å². The Hall–Kier alpha value is -4.91. The number of aromatic nitrogens is 1. The molecule has 2 saturated heterocycles. The number of nitriles is 1. The maximum atomic E-state index is 13.4. The van der Waals surface area contributed by atoms with E-state index in [1.807, 2.05) is 18.2 Å². The minimum Gasteiger partial charge on any atom is -0.495 e. The van der Waals surface area contributed by atoms with E-state index in [9.17, 15) is 19.6 Å². The number of nitrogens with zero attached hydrogens (tertiary/aromatic N) is 5. The molecule has 13 nitrogen and oxygen atoms in total. The lowest BCUT2D eigenvalue weighted by Gasteiger charge is -2.35. The van der Waals surface area contributed by atoms with Crippen LogP contribution in [0.4, 0.5) is 11.4 Å². The molecule has 4 aromatic rings. The number of ether oxygens (including phenoxy) is 3. The van der Waals surface area contributed by atoms with Gasteiger partial charge in [-0.15, -0.1) is 0 Å². The van der Waals surface area contributed by atoms with Gasteiger partial charge in [0.15, 0.2) is 11.5 Å². The molecule has 3 aliphatic rings. The number of thiol groups is 1. The third kappa shape index (κ3) is 8.54. The molecule has 298 valence electrons. The van der Waals surface area contributed by atoms with Crippen molar-refractivity contribution in [3.05, 3.63) is 75.4 Å². The molecule has 3 aromatic carbocycles. The standard InChI is InChI=1S/C41H43Cl2N7O6S/c1-4-38(57-36-8-5-7-25-27(36)23-50(41(25)53)32-9-10-37(51)47-40(32)52)49-14-12-48(13-15-49)11-6-16-56-35-19-30-26(17-34(35)55-3)39(24(21-44)22-45-30)46-31-20-33(54-2)29(43)18-28(31)42/h5,7-8,17-20,22,32,57H,4,6,9-16,23H2,1-3H3,(H,45,46)(H,47,51,52). The van der Waals surface area contributed by atoms with Crippen LogP contribution in [0.15, 0.2) is 53.6 Å². The minimum absolute atomic E-state index is 0.152. The molecule has 0 spiro atoms. The third-order valence-corrected chi connectivity index (χ3v) is 12.6.